The first-order chi connectivity index (χ1) is 12.3. The van der Waals surface area contributed by atoms with Crippen molar-refractivity contribution in [2.45, 2.75) is 25.3 Å². The summed E-state index contributed by atoms with van der Waals surface area (Å²) in [5, 5.41) is 8.06. The number of halogens is 1. The Balaban J connectivity index is 1.80. The molecule has 1 aromatic carbocycles. The first kappa shape index (κ1) is 18.8. The highest BCUT2D eigenvalue weighted by atomic mass is 79.9. The minimum Gasteiger partial charge on any atom is -0.495 e. The standard InChI is InChI=1S/C16H18BrN3O5S/c1-25-14-4-2-10(17)8-13(14)18-16(22)12-3-5-15(21)20(19-12)11-6-7-26(23,24)9-11/h2,4,8,11H,3,5-7,9H2,1H3,(H,18,22). The number of rotatable bonds is 4. The van der Waals surface area contributed by atoms with E-state index in [4.69, 9.17) is 4.74 Å². The molecule has 1 fully saturated rings. The van der Waals surface area contributed by atoms with E-state index in [1.165, 1.54) is 12.1 Å². The third-order valence-electron chi connectivity index (χ3n) is 4.29. The number of hydrazone groups is 1. The number of amides is 2. The van der Waals surface area contributed by atoms with Crippen LogP contribution in [0.1, 0.15) is 19.3 Å². The molecule has 0 radical (unpaired) electrons. The quantitative estimate of drug-likeness (QED) is 0.759. The maximum absolute atomic E-state index is 12.6. The first-order valence-corrected chi connectivity index (χ1v) is 10.7. The van der Waals surface area contributed by atoms with Crippen LogP contribution in [-0.4, -0.2) is 55.6 Å². The van der Waals surface area contributed by atoms with Gasteiger partial charge in [0.2, 0.25) is 5.91 Å². The van der Waals surface area contributed by atoms with Gasteiger partial charge < -0.3 is 10.1 Å². The van der Waals surface area contributed by atoms with E-state index in [-0.39, 0.29) is 36.0 Å². The summed E-state index contributed by atoms with van der Waals surface area (Å²) >= 11 is 3.34. The molecular weight excluding hydrogens is 426 g/mol. The summed E-state index contributed by atoms with van der Waals surface area (Å²) in [4.78, 5) is 24.7. The van der Waals surface area contributed by atoms with E-state index in [0.717, 1.165) is 4.47 Å². The molecule has 8 nitrogen and oxygen atoms in total. The van der Waals surface area contributed by atoms with E-state index < -0.39 is 21.8 Å². The van der Waals surface area contributed by atoms with Gasteiger partial charge in [-0.2, -0.15) is 5.10 Å². The number of carbonyl (C=O) groups is 2. The Morgan fingerprint density at radius 3 is 2.81 bits per heavy atom. The fourth-order valence-electron chi connectivity index (χ4n) is 2.96. The molecule has 2 amide bonds. The lowest BCUT2D eigenvalue weighted by Crippen LogP contribution is -2.42. The van der Waals surface area contributed by atoms with Crippen molar-refractivity contribution in [1.29, 1.82) is 0 Å². The monoisotopic (exact) mass is 443 g/mol. The van der Waals surface area contributed by atoms with Gasteiger partial charge in [-0.15, -0.1) is 0 Å². The number of ether oxygens (including phenoxy) is 1. The number of nitrogens with one attached hydrogen (secondary N) is 1. The Morgan fingerprint density at radius 2 is 2.15 bits per heavy atom. The summed E-state index contributed by atoms with van der Waals surface area (Å²) in [6.45, 7) is 0. The fourth-order valence-corrected chi connectivity index (χ4v) is 5.01. The summed E-state index contributed by atoms with van der Waals surface area (Å²) in [6, 6.07) is 4.69. The van der Waals surface area contributed by atoms with Crippen LogP contribution in [0, 0.1) is 0 Å². The van der Waals surface area contributed by atoms with Crippen LogP contribution in [0.15, 0.2) is 27.8 Å². The number of benzene rings is 1. The normalized spacial score (nSPS) is 22.1. The van der Waals surface area contributed by atoms with Gasteiger partial charge in [-0.05, 0) is 24.6 Å². The topological polar surface area (TPSA) is 105 Å². The molecular formula is C16H18BrN3O5S. The molecule has 10 heteroatoms. The van der Waals surface area contributed by atoms with Crippen molar-refractivity contribution in [1.82, 2.24) is 5.01 Å². The second-order valence-electron chi connectivity index (χ2n) is 6.14. The molecule has 0 spiro atoms. The number of carbonyl (C=O) groups excluding carboxylic acids is 2. The van der Waals surface area contributed by atoms with Crippen molar-refractivity contribution in [2.24, 2.45) is 5.10 Å². The lowest BCUT2D eigenvalue weighted by molar-refractivity contribution is -0.133. The predicted octanol–water partition coefficient (Wildman–Crippen LogP) is 1.56. The van der Waals surface area contributed by atoms with Gasteiger partial charge in [-0.3, -0.25) is 9.59 Å². The first-order valence-electron chi connectivity index (χ1n) is 8.04. The summed E-state index contributed by atoms with van der Waals surface area (Å²) < 4.78 is 29.3. The highest BCUT2D eigenvalue weighted by molar-refractivity contribution is 9.10. The fraction of sp³-hybridized carbons (Fsp3) is 0.438. The van der Waals surface area contributed by atoms with Gasteiger partial charge in [0.05, 0.1) is 30.3 Å². The molecule has 140 valence electrons. The lowest BCUT2D eigenvalue weighted by atomic mass is 10.1. The molecule has 0 saturated carbocycles. The van der Waals surface area contributed by atoms with Crippen LogP contribution in [0.25, 0.3) is 0 Å². The Hall–Kier alpha value is -1.94. The minimum atomic E-state index is -3.15. The number of sulfone groups is 1. The van der Waals surface area contributed by atoms with Crippen LogP contribution in [0.5, 0.6) is 5.75 Å². The molecule has 2 aliphatic heterocycles. The van der Waals surface area contributed by atoms with Crippen molar-refractivity contribution in [3.05, 3.63) is 22.7 Å². The molecule has 0 aromatic heterocycles. The number of hydrogen-bond donors (Lipinski definition) is 1. The van der Waals surface area contributed by atoms with Crippen LogP contribution >= 0.6 is 15.9 Å². The molecule has 1 unspecified atom stereocenters. The van der Waals surface area contributed by atoms with E-state index in [2.05, 4.69) is 26.3 Å². The predicted molar refractivity (Wildman–Crippen MR) is 99.9 cm³/mol. The molecule has 1 saturated heterocycles. The Labute approximate surface area is 159 Å². The molecule has 0 bridgehead atoms. The Bertz CT molecular complexity index is 884. The summed E-state index contributed by atoms with van der Waals surface area (Å²) in [5.74, 6) is -0.291. The van der Waals surface area contributed by atoms with Crippen molar-refractivity contribution in [2.75, 3.05) is 23.9 Å². The van der Waals surface area contributed by atoms with Gasteiger partial charge >= 0.3 is 0 Å². The van der Waals surface area contributed by atoms with Crippen LogP contribution in [0.2, 0.25) is 0 Å². The minimum absolute atomic E-state index is 0.0355. The van der Waals surface area contributed by atoms with Crippen LogP contribution in [-0.2, 0) is 19.4 Å². The molecule has 0 aliphatic carbocycles. The summed E-state index contributed by atoms with van der Waals surface area (Å²) in [7, 11) is -1.66. The molecule has 1 aromatic rings. The van der Waals surface area contributed by atoms with Gasteiger partial charge in [-0.1, -0.05) is 15.9 Å². The smallest absolute Gasteiger partial charge is 0.271 e. The molecule has 26 heavy (non-hydrogen) atoms. The Kier molecular flexibility index (Phi) is 5.33. The van der Waals surface area contributed by atoms with Crippen molar-refractivity contribution in [3.63, 3.8) is 0 Å². The largest absolute Gasteiger partial charge is 0.495 e. The van der Waals surface area contributed by atoms with Gasteiger partial charge in [0.15, 0.2) is 9.84 Å². The molecule has 3 rings (SSSR count). The van der Waals surface area contributed by atoms with E-state index in [1.807, 2.05) is 0 Å². The molecule has 2 aliphatic rings. The average Bonchev–Trinajstić information content (AvgIpc) is 2.95. The number of nitrogens with zero attached hydrogens (tertiary/aromatic N) is 2. The van der Waals surface area contributed by atoms with Crippen molar-refractivity contribution in [3.8, 4) is 5.75 Å². The van der Waals surface area contributed by atoms with Crippen LogP contribution < -0.4 is 10.1 Å². The highest BCUT2D eigenvalue weighted by Crippen LogP contribution is 2.28. The van der Waals surface area contributed by atoms with E-state index in [9.17, 15) is 18.0 Å². The highest BCUT2D eigenvalue weighted by Gasteiger charge is 2.37. The maximum Gasteiger partial charge on any atom is 0.271 e. The van der Waals surface area contributed by atoms with Gasteiger partial charge in [0.1, 0.15) is 11.5 Å². The van der Waals surface area contributed by atoms with E-state index >= 15 is 0 Å². The average molecular weight is 444 g/mol. The number of methoxy groups -OCH3 is 1. The summed E-state index contributed by atoms with van der Waals surface area (Å²) in [6.07, 6.45) is 0.668. The SMILES string of the molecule is COc1ccc(Br)cc1NC(=O)C1=NN(C2CCS(=O)(=O)C2)C(=O)CC1. The van der Waals surface area contributed by atoms with Crippen LogP contribution in [0.3, 0.4) is 0 Å². The van der Waals surface area contributed by atoms with Gasteiger partial charge in [0, 0.05) is 17.3 Å². The second-order valence-corrected chi connectivity index (χ2v) is 9.28. The maximum atomic E-state index is 12.6. The zero-order chi connectivity index (χ0) is 18.9. The zero-order valence-corrected chi connectivity index (χ0v) is 16.5. The molecule has 1 N–H and O–H groups in total. The van der Waals surface area contributed by atoms with Crippen molar-refractivity contribution >= 4 is 49.0 Å². The third kappa shape index (κ3) is 4.07. The summed E-state index contributed by atoms with van der Waals surface area (Å²) in [5.41, 5.74) is 0.664. The zero-order valence-electron chi connectivity index (χ0n) is 14.1. The number of hydrogen-bond acceptors (Lipinski definition) is 6. The van der Waals surface area contributed by atoms with Crippen molar-refractivity contribution < 1.29 is 22.7 Å². The van der Waals surface area contributed by atoms with E-state index in [0.29, 0.717) is 17.9 Å². The molecule has 2 heterocycles. The van der Waals surface area contributed by atoms with Crippen LogP contribution in [0.4, 0.5) is 5.69 Å². The third-order valence-corrected chi connectivity index (χ3v) is 6.53. The number of anilines is 1. The van der Waals surface area contributed by atoms with Gasteiger partial charge in [-0.25, -0.2) is 13.4 Å². The lowest BCUT2D eigenvalue weighted by Gasteiger charge is -2.27. The second kappa shape index (κ2) is 7.36. The van der Waals surface area contributed by atoms with Gasteiger partial charge in [0.25, 0.3) is 5.91 Å². The molecule has 1 atom stereocenters. The van der Waals surface area contributed by atoms with E-state index in [1.54, 1.807) is 18.2 Å². The Morgan fingerprint density at radius 1 is 1.38 bits per heavy atom.